The minimum atomic E-state index is -0.119. The number of nitrogens with zero attached hydrogens (tertiary/aromatic N) is 5. The summed E-state index contributed by atoms with van der Waals surface area (Å²) in [7, 11) is 1.71. The number of aryl methyl sites for hydroxylation is 1. The van der Waals surface area contributed by atoms with E-state index in [-0.39, 0.29) is 12.5 Å². The summed E-state index contributed by atoms with van der Waals surface area (Å²) in [6.07, 6.45) is 3.71. The molecule has 2 aromatic heterocycles. The third kappa shape index (κ3) is 4.41. The van der Waals surface area contributed by atoms with Crippen LogP contribution in [0.1, 0.15) is 27.6 Å². The molecule has 0 N–H and O–H groups in total. The number of aromatic nitrogens is 4. The van der Waals surface area contributed by atoms with E-state index in [1.807, 2.05) is 49.5 Å². The number of carbonyl (C=O) groups is 1. The predicted octanol–water partition coefficient (Wildman–Crippen LogP) is 4.22. The van der Waals surface area contributed by atoms with Crippen LogP contribution in [-0.2, 0) is 13.1 Å². The van der Waals surface area contributed by atoms with Crippen molar-refractivity contribution in [3.63, 3.8) is 0 Å². The average molecular weight is 422 g/mol. The quantitative estimate of drug-likeness (QED) is 0.466. The summed E-state index contributed by atoms with van der Waals surface area (Å²) in [5.41, 5.74) is 2.49. The largest absolute Gasteiger partial charge is 0.337 e. The van der Waals surface area contributed by atoms with Gasteiger partial charge >= 0.3 is 0 Å². The van der Waals surface area contributed by atoms with Gasteiger partial charge in [0, 0.05) is 42.1 Å². The Bertz CT molecular complexity index is 1150. The SMILES string of the molecule is Cc1nccn1Cc1ccc(C(=O)N(C)Cc2nc(-c3ccc(Cl)cc3)no2)cc1. The van der Waals surface area contributed by atoms with Crippen LogP contribution >= 0.6 is 11.6 Å². The molecule has 0 atom stereocenters. The highest BCUT2D eigenvalue weighted by atomic mass is 35.5. The van der Waals surface area contributed by atoms with E-state index in [2.05, 4.69) is 19.7 Å². The van der Waals surface area contributed by atoms with Crippen molar-refractivity contribution in [2.75, 3.05) is 7.05 Å². The Morgan fingerprint density at radius 3 is 2.53 bits per heavy atom. The van der Waals surface area contributed by atoms with E-state index in [0.717, 1.165) is 17.0 Å². The molecule has 4 aromatic rings. The monoisotopic (exact) mass is 421 g/mol. The van der Waals surface area contributed by atoms with Gasteiger partial charge in [-0.15, -0.1) is 0 Å². The van der Waals surface area contributed by atoms with E-state index in [0.29, 0.717) is 28.8 Å². The minimum Gasteiger partial charge on any atom is -0.337 e. The maximum Gasteiger partial charge on any atom is 0.254 e. The molecule has 0 aliphatic heterocycles. The zero-order chi connectivity index (χ0) is 21.1. The number of benzene rings is 2. The maximum absolute atomic E-state index is 12.8. The van der Waals surface area contributed by atoms with Crippen LogP contribution < -0.4 is 0 Å². The summed E-state index contributed by atoms with van der Waals surface area (Å²) in [4.78, 5) is 22.9. The highest BCUT2D eigenvalue weighted by molar-refractivity contribution is 6.30. The number of rotatable bonds is 6. The van der Waals surface area contributed by atoms with Crippen LogP contribution in [0.25, 0.3) is 11.4 Å². The molecule has 0 saturated carbocycles. The van der Waals surface area contributed by atoms with Crippen molar-refractivity contribution in [2.24, 2.45) is 0 Å². The van der Waals surface area contributed by atoms with Gasteiger partial charge in [-0.3, -0.25) is 4.79 Å². The molecule has 0 unspecified atom stereocenters. The van der Waals surface area contributed by atoms with Gasteiger partial charge in [0.2, 0.25) is 11.7 Å². The van der Waals surface area contributed by atoms with E-state index in [9.17, 15) is 4.79 Å². The molecule has 4 rings (SSSR count). The second-order valence-electron chi connectivity index (χ2n) is 6.98. The summed E-state index contributed by atoms with van der Waals surface area (Å²) in [5.74, 6) is 1.66. The Balaban J connectivity index is 1.40. The molecule has 0 aliphatic rings. The fraction of sp³-hybridized carbons (Fsp3) is 0.182. The first kappa shape index (κ1) is 19.8. The molecule has 8 heteroatoms. The van der Waals surface area contributed by atoms with Gasteiger partial charge in [-0.25, -0.2) is 4.98 Å². The van der Waals surface area contributed by atoms with E-state index >= 15 is 0 Å². The molecule has 0 bridgehead atoms. The van der Waals surface area contributed by atoms with E-state index < -0.39 is 0 Å². The topological polar surface area (TPSA) is 77.1 Å². The molecule has 2 heterocycles. The Kier molecular flexibility index (Phi) is 5.63. The smallest absolute Gasteiger partial charge is 0.254 e. The predicted molar refractivity (Wildman–Crippen MR) is 113 cm³/mol. The molecule has 7 nitrogen and oxygen atoms in total. The Hall–Kier alpha value is -3.45. The third-order valence-electron chi connectivity index (χ3n) is 4.77. The highest BCUT2D eigenvalue weighted by Crippen LogP contribution is 2.19. The molecule has 30 heavy (non-hydrogen) atoms. The van der Waals surface area contributed by atoms with Crippen molar-refractivity contribution >= 4 is 17.5 Å². The molecule has 0 spiro atoms. The number of imidazole rings is 1. The normalized spacial score (nSPS) is 10.9. The van der Waals surface area contributed by atoms with Crippen LogP contribution in [0.3, 0.4) is 0 Å². The highest BCUT2D eigenvalue weighted by Gasteiger charge is 2.16. The fourth-order valence-corrected chi connectivity index (χ4v) is 3.18. The number of amides is 1. The lowest BCUT2D eigenvalue weighted by molar-refractivity contribution is 0.0769. The minimum absolute atomic E-state index is 0.119. The first-order valence-electron chi connectivity index (χ1n) is 9.40. The van der Waals surface area contributed by atoms with Gasteiger partial charge in [0.1, 0.15) is 5.82 Å². The van der Waals surface area contributed by atoms with Crippen molar-refractivity contribution in [1.82, 2.24) is 24.6 Å². The summed E-state index contributed by atoms with van der Waals surface area (Å²) in [5, 5.41) is 4.62. The number of hydrogen-bond donors (Lipinski definition) is 0. The van der Waals surface area contributed by atoms with Crippen LogP contribution in [-0.4, -0.2) is 37.5 Å². The molecular weight excluding hydrogens is 402 g/mol. The van der Waals surface area contributed by atoms with Crippen LogP contribution in [0.2, 0.25) is 5.02 Å². The molecule has 0 radical (unpaired) electrons. The Morgan fingerprint density at radius 2 is 1.87 bits per heavy atom. The molecule has 152 valence electrons. The lowest BCUT2D eigenvalue weighted by Gasteiger charge is -2.15. The zero-order valence-electron chi connectivity index (χ0n) is 16.6. The molecular formula is C22H20ClN5O2. The lowest BCUT2D eigenvalue weighted by Crippen LogP contribution is -2.26. The van der Waals surface area contributed by atoms with Crippen molar-refractivity contribution in [3.05, 3.63) is 88.8 Å². The average Bonchev–Trinajstić information content (AvgIpc) is 3.38. The maximum atomic E-state index is 12.8. The van der Waals surface area contributed by atoms with E-state index in [1.54, 1.807) is 30.3 Å². The van der Waals surface area contributed by atoms with E-state index in [4.69, 9.17) is 16.1 Å². The molecule has 0 saturated heterocycles. The second kappa shape index (κ2) is 8.51. The zero-order valence-corrected chi connectivity index (χ0v) is 17.4. The molecule has 1 amide bonds. The summed E-state index contributed by atoms with van der Waals surface area (Å²) < 4.78 is 7.35. The van der Waals surface area contributed by atoms with Gasteiger partial charge in [-0.1, -0.05) is 28.9 Å². The molecule has 2 aromatic carbocycles. The lowest BCUT2D eigenvalue weighted by atomic mass is 10.1. The van der Waals surface area contributed by atoms with Crippen molar-refractivity contribution in [2.45, 2.75) is 20.0 Å². The van der Waals surface area contributed by atoms with Crippen LogP contribution in [0, 0.1) is 6.92 Å². The van der Waals surface area contributed by atoms with Gasteiger partial charge in [0.05, 0.1) is 6.54 Å². The van der Waals surface area contributed by atoms with Gasteiger partial charge in [-0.2, -0.15) is 4.98 Å². The number of carbonyl (C=O) groups excluding carboxylic acids is 1. The van der Waals surface area contributed by atoms with Crippen LogP contribution in [0.15, 0.2) is 65.4 Å². The summed E-state index contributed by atoms with van der Waals surface area (Å²) >= 11 is 5.91. The first-order chi connectivity index (χ1) is 14.5. The third-order valence-corrected chi connectivity index (χ3v) is 5.02. The van der Waals surface area contributed by atoms with Gasteiger partial charge in [0.15, 0.2) is 0 Å². The Labute approximate surface area is 178 Å². The number of hydrogen-bond acceptors (Lipinski definition) is 5. The second-order valence-corrected chi connectivity index (χ2v) is 7.42. The molecule has 0 aliphatic carbocycles. The standard InChI is InChI=1S/C22H20ClN5O2/c1-15-24-11-12-28(15)13-16-3-5-18(6-4-16)22(29)27(2)14-20-25-21(26-30-20)17-7-9-19(23)10-8-17/h3-12H,13-14H2,1-2H3. The molecule has 0 fully saturated rings. The van der Waals surface area contributed by atoms with Gasteiger partial charge in [-0.05, 0) is 48.9 Å². The van der Waals surface area contributed by atoms with Crippen LogP contribution in [0.4, 0.5) is 0 Å². The first-order valence-corrected chi connectivity index (χ1v) is 9.78. The fourth-order valence-electron chi connectivity index (χ4n) is 3.05. The van der Waals surface area contributed by atoms with Gasteiger partial charge in [0.25, 0.3) is 5.91 Å². The summed E-state index contributed by atoms with van der Waals surface area (Å²) in [6, 6.07) is 14.7. The van der Waals surface area contributed by atoms with Crippen molar-refractivity contribution in [1.29, 1.82) is 0 Å². The summed E-state index contributed by atoms with van der Waals surface area (Å²) in [6.45, 7) is 2.89. The van der Waals surface area contributed by atoms with Gasteiger partial charge < -0.3 is 14.0 Å². The van der Waals surface area contributed by atoms with E-state index in [1.165, 1.54) is 0 Å². The van der Waals surface area contributed by atoms with Crippen LogP contribution in [0.5, 0.6) is 0 Å². The number of halogens is 1. The van der Waals surface area contributed by atoms with Crippen molar-refractivity contribution < 1.29 is 9.32 Å². The van der Waals surface area contributed by atoms with Crippen molar-refractivity contribution in [3.8, 4) is 11.4 Å². The Morgan fingerprint density at radius 1 is 1.13 bits per heavy atom.